The van der Waals surface area contributed by atoms with E-state index in [0.29, 0.717) is 12.6 Å². The molecule has 4 heteroatoms. The molecule has 0 saturated heterocycles. The summed E-state index contributed by atoms with van der Waals surface area (Å²) in [6.07, 6.45) is 2.19. The van der Waals surface area contributed by atoms with Crippen LogP contribution in [0.3, 0.4) is 0 Å². The van der Waals surface area contributed by atoms with Gasteiger partial charge in [0.1, 0.15) is 0 Å². The zero-order valence-corrected chi connectivity index (χ0v) is 9.58. The molecule has 3 N–H and O–H groups in total. The van der Waals surface area contributed by atoms with Crippen LogP contribution in [0.5, 0.6) is 0 Å². The van der Waals surface area contributed by atoms with Crippen LogP contribution in [0.1, 0.15) is 19.8 Å². The van der Waals surface area contributed by atoms with Crippen molar-refractivity contribution in [1.29, 1.82) is 0 Å². The molecule has 86 valence electrons. The van der Waals surface area contributed by atoms with Crippen LogP contribution in [0.15, 0.2) is 0 Å². The third-order valence-corrected chi connectivity index (χ3v) is 2.27. The molecule has 0 aromatic heterocycles. The summed E-state index contributed by atoms with van der Waals surface area (Å²) >= 11 is 0. The topological polar surface area (TPSA) is 56.5 Å². The smallest absolute Gasteiger partial charge is 0.0928 e. The molecule has 0 spiro atoms. The lowest BCUT2D eigenvalue weighted by atomic mass is 10.2. The van der Waals surface area contributed by atoms with Gasteiger partial charge in [0.15, 0.2) is 0 Å². The molecule has 4 nitrogen and oxygen atoms in total. The predicted octanol–water partition coefficient (Wildman–Crippen LogP) is 0.365. The second-order valence-corrected chi connectivity index (χ2v) is 3.47. The van der Waals surface area contributed by atoms with Gasteiger partial charge < -0.3 is 20.5 Å². The summed E-state index contributed by atoms with van der Waals surface area (Å²) in [7, 11) is 3.38. The number of methoxy groups -OCH3 is 2. The Balaban J connectivity index is 3.32. The minimum Gasteiger partial charge on any atom is -0.382 e. The van der Waals surface area contributed by atoms with Gasteiger partial charge in [-0.05, 0) is 19.4 Å². The van der Waals surface area contributed by atoms with E-state index in [-0.39, 0.29) is 6.10 Å². The molecule has 0 aliphatic carbocycles. The lowest BCUT2D eigenvalue weighted by Crippen LogP contribution is -2.34. The summed E-state index contributed by atoms with van der Waals surface area (Å²) in [5.74, 6) is 0. The molecule has 0 aliphatic heterocycles. The molecule has 0 heterocycles. The van der Waals surface area contributed by atoms with E-state index in [2.05, 4.69) is 12.2 Å². The van der Waals surface area contributed by atoms with E-state index in [1.54, 1.807) is 14.2 Å². The van der Waals surface area contributed by atoms with Gasteiger partial charge in [-0.15, -0.1) is 0 Å². The van der Waals surface area contributed by atoms with Crippen molar-refractivity contribution in [3.8, 4) is 0 Å². The van der Waals surface area contributed by atoms with Crippen LogP contribution in [0.4, 0.5) is 0 Å². The minimum atomic E-state index is 0.137. The van der Waals surface area contributed by atoms with Crippen molar-refractivity contribution in [2.75, 3.05) is 33.9 Å². The summed E-state index contributed by atoms with van der Waals surface area (Å²) in [4.78, 5) is 0. The molecule has 0 aromatic rings. The molecule has 0 aromatic carbocycles. The average molecular weight is 204 g/mol. The molecular weight excluding hydrogens is 180 g/mol. The Bertz CT molecular complexity index is 123. The Morgan fingerprint density at radius 1 is 1.36 bits per heavy atom. The maximum absolute atomic E-state index is 5.79. The molecule has 0 bridgehead atoms. The highest BCUT2D eigenvalue weighted by Crippen LogP contribution is 1.92. The molecule has 0 aliphatic rings. The second kappa shape index (κ2) is 9.40. The van der Waals surface area contributed by atoms with Gasteiger partial charge in [0, 0.05) is 26.8 Å². The Kier molecular flexibility index (Phi) is 9.29. The van der Waals surface area contributed by atoms with Crippen molar-refractivity contribution in [3.63, 3.8) is 0 Å². The van der Waals surface area contributed by atoms with Gasteiger partial charge in [-0.25, -0.2) is 0 Å². The van der Waals surface area contributed by atoms with E-state index in [1.165, 1.54) is 0 Å². The largest absolute Gasteiger partial charge is 0.382 e. The van der Waals surface area contributed by atoms with E-state index in [4.69, 9.17) is 15.2 Å². The molecule has 14 heavy (non-hydrogen) atoms. The first-order valence-corrected chi connectivity index (χ1v) is 5.22. The molecule has 0 rings (SSSR count). The highest BCUT2D eigenvalue weighted by molar-refractivity contribution is 4.64. The Hall–Kier alpha value is -0.160. The lowest BCUT2D eigenvalue weighted by molar-refractivity contribution is 0.0290. The maximum atomic E-state index is 5.79. The fourth-order valence-electron chi connectivity index (χ4n) is 1.15. The number of nitrogens with one attached hydrogen (secondary N) is 1. The standard InChI is InChI=1S/C10H24N2O2/c1-4-9(11)5-6-12-7-10(14-3)8-13-2/h9-10,12H,4-8,11H2,1-3H3. The van der Waals surface area contributed by atoms with Crippen LogP contribution in [0.25, 0.3) is 0 Å². The first-order valence-electron chi connectivity index (χ1n) is 5.22. The van der Waals surface area contributed by atoms with Gasteiger partial charge >= 0.3 is 0 Å². The molecule has 2 unspecified atom stereocenters. The highest BCUT2D eigenvalue weighted by atomic mass is 16.5. The summed E-state index contributed by atoms with van der Waals surface area (Å²) in [5.41, 5.74) is 5.79. The number of rotatable bonds is 9. The monoisotopic (exact) mass is 204 g/mol. The summed E-state index contributed by atoms with van der Waals surface area (Å²) in [6.45, 7) is 4.50. The van der Waals surface area contributed by atoms with Crippen LogP contribution >= 0.6 is 0 Å². The Labute approximate surface area is 87.1 Å². The van der Waals surface area contributed by atoms with E-state index < -0.39 is 0 Å². The number of nitrogens with two attached hydrogens (primary N) is 1. The normalized spacial score (nSPS) is 15.4. The van der Waals surface area contributed by atoms with Crippen molar-refractivity contribution in [1.82, 2.24) is 5.32 Å². The second-order valence-electron chi connectivity index (χ2n) is 3.47. The van der Waals surface area contributed by atoms with E-state index >= 15 is 0 Å². The molecule has 0 radical (unpaired) electrons. The van der Waals surface area contributed by atoms with Crippen LogP contribution in [-0.4, -0.2) is 46.1 Å². The van der Waals surface area contributed by atoms with Gasteiger partial charge in [-0.3, -0.25) is 0 Å². The van der Waals surface area contributed by atoms with E-state index in [9.17, 15) is 0 Å². The number of ether oxygens (including phenoxy) is 2. The van der Waals surface area contributed by atoms with Gasteiger partial charge in [0.2, 0.25) is 0 Å². The first-order chi connectivity index (χ1) is 6.74. The fraction of sp³-hybridized carbons (Fsp3) is 1.00. The molecule has 0 saturated carbocycles. The predicted molar refractivity (Wildman–Crippen MR) is 58.4 cm³/mol. The van der Waals surface area contributed by atoms with Gasteiger partial charge in [0.25, 0.3) is 0 Å². The van der Waals surface area contributed by atoms with Gasteiger partial charge in [-0.2, -0.15) is 0 Å². The molecule has 0 fully saturated rings. The summed E-state index contributed by atoms with van der Waals surface area (Å²) < 4.78 is 10.2. The summed E-state index contributed by atoms with van der Waals surface area (Å²) in [5, 5.41) is 3.30. The first kappa shape index (κ1) is 13.8. The van der Waals surface area contributed by atoms with Gasteiger partial charge in [-0.1, -0.05) is 6.92 Å². The number of hydrogen-bond acceptors (Lipinski definition) is 4. The van der Waals surface area contributed by atoms with Crippen molar-refractivity contribution in [3.05, 3.63) is 0 Å². The fourth-order valence-corrected chi connectivity index (χ4v) is 1.15. The lowest BCUT2D eigenvalue weighted by Gasteiger charge is -2.15. The van der Waals surface area contributed by atoms with Crippen LogP contribution in [-0.2, 0) is 9.47 Å². The van der Waals surface area contributed by atoms with Crippen molar-refractivity contribution in [2.45, 2.75) is 31.9 Å². The van der Waals surface area contributed by atoms with Gasteiger partial charge in [0.05, 0.1) is 12.7 Å². The minimum absolute atomic E-state index is 0.137. The maximum Gasteiger partial charge on any atom is 0.0928 e. The van der Waals surface area contributed by atoms with E-state index in [1.807, 2.05) is 0 Å². The summed E-state index contributed by atoms with van der Waals surface area (Å²) in [6, 6.07) is 0.311. The zero-order valence-electron chi connectivity index (χ0n) is 9.58. The zero-order chi connectivity index (χ0) is 10.8. The SMILES string of the molecule is CCC(N)CCNCC(COC)OC. The van der Waals surface area contributed by atoms with Crippen molar-refractivity contribution >= 4 is 0 Å². The Morgan fingerprint density at radius 2 is 2.07 bits per heavy atom. The molecular formula is C10H24N2O2. The van der Waals surface area contributed by atoms with Crippen LogP contribution < -0.4 is 11.1 Å². The quantitative estimate of drug-likeness (QED) is 0.533. The highest BCUT2D eigenvalue weighted by Gasteiger charge is 2.05. The van der Waals surface area contributed by atoms with Crippen LogP contribution in [0.2, 0.25) is 0 Å². The number of hydrogen-bond donors (Lipinski definition) is 2. The van der Waals surface area contributed by atoms with Crippen molar-refractivity contribution in [2.24, 2.45) is 5.73 Å². The average Bonchev–Trinajstić information content (AvgIpc) is 2.22. The molecule has 2 atom stereocenters. The van der Waals surface area contributed by atoms with Crippen LogP contribution in [0, 0.1) is 0 Å². The third kappa shape index (κ3) is 7.26. The Morgan fingerprint density at radius 3 is 2.57 bits per heavy atom. The molecule has 0 amide bonds. The third-order valence-electron chi connectivity index (χ3n) is 2.27. The van der Waals surface area contributed by atoms with E-state index in [0.717, 1.165) is 25.9 Å². The van der Waals surface area contributed by atoms with Crippen molar-refractivity contribution < 1.29 is 9.47 Å².